The molecule has 118 valence electrons. The molecule has 4 nitrogen and oxygen atoms in total. The molecule has 0 aromatic rings. The zero-order valence-electron chi connectivity index (χ0n) is 12.2. The summed E-state index contributed by atoms with van der Waals surface area (Å²) in [5.41, 5.74) is 0. The highest BCUT2D eigenvalue weighted by Gasteiger charge is 2.29. The Hall–Kier alpha value is -0.750. The van der Waals surface area contributed by atoms with Gasteiger partial charge in [0.25, 0.3) is 6.43 Å². The van der Waals surface area contributed by atoms with Crippen LogP contribution in [-0.2, 0) is 4.79 Å². The minimum Gasteiger partial charge on any atom is -0.396 e. The first-order chi connectivity index (χ1) is 9.56. The SMILES string of the molecule is CCCC(=O)N1CC(CCCO)CC(NCC(F)F)C1. The number of amides is 1. The van der Waals surface area contributed by atoms with E-state index in [1.165, 1.54) is 0 Å². The van der Waals surface area contributed by atoms with Gasteiger partial charge in [-0.2, -0.15) is 0 Å². The van der Waals surface area contributed by atoms with Crippen LogP contribution in [0.1, 0.15) is 39.0 Å². The highest BCUT2D eigenvalue weighted by atomic mass is 19.3. The molecule has 1 amide bonds. The van der Waals surface area contributed by atoms with Crippen molar-refractivity contribution in [3.8, 4) is 0 Å². The van der Waals surface area contributed by atoms with Gasteiger partial charge in [-0.15, -0.1) is 0 Å². The maximum Gasteiger partial charge on any atom is 0.250 e. The van der Waals surface area contributed by atoms with Crippen LogP contribution in [0.5, 0.6) is 0 Å². The molecule has 1 fully saturated rings. The highest BCUT2D eigenvalue weighted by Crippen LogP contribution is 2.22. The average molecular weight is 292 g/mol. The van der Waals surface area contributed by atoms with E-state index < -0.39 is 6.43 Å². The minimum absolute atomic E-state index is 0.0674. The smallest absolute Gasteiger partial charge is 0.250 e. The Morgan fingerprint density at radius 2 is 2.20 bits per heavy atom. The Bertz CT molecular complexity index is 290. The van der Waals surface area contributed by atoms with Crippen LogP contribution in [0.4, 0.5) is 8.78 Å². The van der Waals surface area contributed by atoms with E-state index in [4.69, 9.17) is 5.11 Å². The first kappa shape index (κ1) is 17.3. The zero-order chi connectivity index (χ0) is 15.0. The second-order valence-electron chi connectivity index (χ2n) is 5.51. The van der Waals surface area contributed by atoms with Crippen LogP contribution in [0.25, 0.3) is 0 Å². The number of nitrogens with one attached hydrogen (secondary N) is 1. The number of halogens is 2. The van der Waals surface area contributed by atoms with Crippen LogP contribution in [-0.4, -0.2) is 54.6 Å². The number of aliphatic hydroxyl groups excluding tert-OH is 1. The van der Waals surface area contributed by atoms with E-state index in [1.807, 2.05) is 6.92 Å². The van der Waals surface area contributed by atoms with Gasteiger partial charge < -0.3 is 15.3 Å². The molecule has 1 aliphatic heterocycles. The average Bonchev–Trinajstić information content (AvgIpc) is 2.43. The first-order valence-electron chi connectivity index (χ1n) is 7.47. The van der Waals surface area contributed by atoms with E-state index in [9.17, 15) is 13.6 Å². The zero-order valence-corrected chi connectivity index (χ0v) is 12.2. The van der Waals surface area contributed by atoms with Crippen molar-refractivity contribution in [3.05, 3.63) is 0 Å². The molecule has 20 heavy (non-hydrogen) atoms. The maximum absolute atomic E-state index is 12.3. The monoisotopic (exact) mass is 292 g/mol. The summed E-state index contributed by atoms with van der Waals surface area (Å²) in [6, 6.07) is -0.0674. The fourth-order valence-electron chi connectivity index (χ4n) is 2.77. The summed E-state index contributed by atoms with van der Waals surface area (Å²) >= 11 is 0. The van der Waals surface area contributed by atoms with E-state index in [0.29, 0.717) is 25.9 Å². The number of piperidine rings is 1. The Balaban J connectivity index is 2.54. The molecule has 2 N–H and O–H groups in total. The Morgan fingerprint density at radius 3 is 2.80 bits per heavy atom. The van der Waals surface area contributed by atoms with Crippen LogP contribution >= 0.6 is 0 Å². The third-order valence-electron chi connectivity index (χ3n) is 3.69. The van der Waals surface area contributed by atoms with Crippen molar-refractivity contribution < 1.29 is 18.7 Å². The maximum atomic E-state index is 12.3. The Labute approximate surface area is 119 Å². The Morgan fingerprint density at radius 1 is 1.45 bits per heavy atom. The predicted octanol–water partition coefficient (Wildman–Crippen LogP) is 1.63. The lowest BCUT2D eigenvalue weighted by molar-refractivity contribution is -0.133. The Kier molecular flexibility index (Phi) is 7.99. The molecule has 0 aliphatic carbocycles. The van der Waals surface area contributed by atoms with E-state index in [1.54, 1.807) is 4.90 Å². The molecular weight excluding hydrogens is 266 g/mol. The minimum atomic E-state index is -2.37. The molecule has 0 spiro atoms. The van der Waals surface area contributed by atoms with Crippen molar-refractivity contribution in [1.29, 1.82) is 0 Å². The molecule has 2 unspecified atom stereocenters. The van der Waals surface area contributed by atoms with Gasteiger partial charge in [-0.3, -0.25) is 4.79 Å². The standard InChI is InChI=1S/C14H26F2N2O2/c1-2-4-14(20)18-9-11(5-3-6-19)7-12(10-18)17-8-13(15)16/h11-13,17,19H,2-10H2,1H3. The van der Waals surface area contributed by atoms with Gasteiger partial charge >= 0.3 is 0 Å². The topological polar surface area (TPSA) is 52.6 Å². The number of hydrogen-bond donors (Lipinski definition) is 2. The lowest BCUT2D eigenvalue weighted by Crippen LogP contribution is -2.52. The summed E-state index contributed by atoms with van der Waals surface area (Å²) in [5.74, 6) is 0.386. The highest BCUT2D eigenvalue weighted by molar-refractivity contribution is 5.76. The molecule has 1 saturated heterocycles. The number of nitrogens with zero attached hydrogens (tertiary/aromatic N) is 1. The molecule has 6 heteroatoms. The largest absolute Gasteiger partial charge is 0.396 e. The molecule has 2 atom stereocenters. The van der Waals surface area contributed by atoms with Gasteiger partial charge in [0, 0.05) is 32.2 Å². The van der Waals surface area contributed by atoms with Crippen LogP contribution in [0, 0.1) is 5.92 Å². The molecule has 0 radical (unpaired) electrons. The third-order valence-corrected chi connectivity index (χ3v) is 3.69. The molecule has 0 saturated carbocycles. The fourth-order valence-corrected chi connectivity index (χ4v) is 2.77. The predicted molar refractivity (Wildman–Crippen MR) is 73.7 cm³/mol. The number of hydrogen-bond acceptors (Lipinski definition) is 3. The molecular formula is C14H26F2N2O2. The normalized spacial score (nSPS) is 23.4. The molecule has 0 bridgehead atoms. The molecule has 1 heterocycles. The van der Waals surface area contributed by atoms with Crippen molar-refractivity contribution in [2.45, 2.75) is 51.5 Å². The second-order valence-corrected chi connectivity index (χ2v) is 5.51. The number of likely N-dealkylation sites (tertiary alicyclic amines) is 1. The molecule has 1 aliphatic rings. The van der Waals surface area contributed by atoms with Crippen molar-refractivity contribution in [2.24, 2.45) is 5.92 Å². The first-order valence-corrected chi connectivity index (χ1v) is 7.47. The van der Waals surface area contributed by atoms with Crippen molar-refractivity contribution in [1.82, 2.24) is 10.2 Å². The van der Waals surface area contributed by atoms with E-state index >= 15 is 0 Å². The number of alkyl halides is 2. The second kappa shape index (κ2) is 9.23. The number of aliphatic hydroxyl groups is 1. The van der Waals surface area contributed by atoms with Crippen LogP contribution in [0.15, 0.2) is 0 Å². The van der Waals surface area contributed by atoms with Gasteiger partial charge in [0.05, 0.1) is 6.54 Å². The summed E-state index contributed by atoms with van der Waals surface area (Å²) in [5, 5.41) is 11.8. The summed E-state index contributed by atoms with van der Waals surface area (Å²) in [7, 11) is 0. The van der Waals surface area contributed by atoms with Crippen molar-refractivity contribution >= 4 is 5.91 Å². The molecule has 0 aromatic carbocycles. The summed E-state index contributed by atoms with van der Waals surface area (Å²) in [6.07, 6.45) is 1.26. The van der Waals surface area contributed by atoms with E-state index in [-0.39, 0.29) is 31.0 Å². The summed E-state index contributed by atoms with van der Waals surface area (Å²) in [6.45, 7) is 2.96. The van der Waals surface area contributed by atoms with Gasteiger partial charge in [-0.1, -0.05) is 6.92 Å². The van der Waals surface area contributed by atoms with Crippen LogP contribution < -0.4 is 5.32 Å². The quantitative estimate of drug-likeness (QED) is 0.715. The van der Waals surface area contributed by atoms with Gasteiger partial charge in [0.15, 0.2) is 0 Å². The lowest BCUT2D eigenvalue weighted by Gasteiger charge is -2.38. The van der Waals surface area contributed by atoms with Crippen LogP contribution in [0.3, 0.4) is 0 Å². The summed E-state index contributed by atoms with van der Waals surface area (Å²) in [4.78, 5) is 13.8. The van der Waals surface area contributed by atoms with Gasteiger partial charge in [0.2, 0.25) is 5.91 Å². The van der Waals surface area contributed by atoms with Crippen molar-refractivity contribution in [2.75, 3.05) is 26.2 Å². The third kappa shape index (κ3) is 6.13. The van der Waals surface area contributed by atoms with Gasteiger partial charge in [-0.25, -0.2) is 8.78 Å². The van der Waals surface area contributed by atoms with Crippen LogP contribution in [0.2, 0.25) is 0 Å². The lowest BCUT2D eigenvalue weighted by atomic mass is 9.90. The number of carbonyl (C=O) groups excluding carboxylic acids is 1. The number of carbonyl (C=O) groups is 1. The van der Waals surface area contributed by atoms with Crippen molar-refractivity contribution in [3.63, 3.8) is 0 Å². The summed E-state index contributed by atoms with van der Waals surface area (Å²) < 4.78 is 24.6. The fraction of sp³-hybridized carbons (Fsp3) is 0.929. The van der Waals surface area contributed by atoms with Gasteiger partial charge in [0.1, 0.15) is 0 Å². The molecule has 1 rings (SSSR count). The number of rotatable bonds is 8. The van der Waals surface area contributed by atoms with E-state index in [2.05, 4.69) is 5.32 Å². The van der Waals surface area contributed by atoms with E-state index in [0.717, 1.165) is 19.3 Å². The molecule has 0 aromatic heterocycles. The van der Waals surface area contributed by atoms with Gasteiger partial charge in [-0.05, 0) is 31.6 Å².